The standard InChI is InChI=1S/C18H20ClN3O2S/c1-2-12-22-13-14(15-6-5-10-20-18(15)22)9-11-21-25(23,24)17-8-4-3-7-16(17)19/h3-8,10,13,21H,2,9,11-12H2,1H3. The van der Waals surface area contributed by atoms with Gasteiger partial charge in [-0.1, -0.05) is 30.7 Å². The average Bonchev–Trinajstić information content (AvgIpc) is 2.94. The van der Waals surface area contributed by atoms with E-state index in [0.717, 1.165) is 29.6 Å². The van der Waals surface area contributed by atoms with Crippen LogP contribution in [-0.4, -0.2) is 24.5 Å². The molecule has 3 rings (SSSR count). The minimum atomic E-state index is -3.62. The van der Waals surface area contributed by atoms with Gasteiger partial charge >= 0.3 is 0 Å². The highest BCUT2D eigenvalue weighted by molar-refractivity contribution is 7.89. The number of nitrogens with one attached hydrogen (secondary N) is 1. The summed E-state index contributed by atoms with van der Waals surface area (Å²) in [7, 11) is -3.62. The number of benzene rings is 1. The molecule has 0 fully saturated rings. The second-order valence-electron chi connectivity index (χ2n) is 5.80. The molecular weight excluding hydrogens is 358 g/mol. The number of nitrogens with zero attached hydrogens (tertiary/aromatic N) is 2. The van der Waals surface area contributed by atoms with Gasteiger partial charge in [0.1, 0.15) is 10.5 Å². The van der Waals surface area contributed by atoms with Crippen molar-refractivity contribution < 1.29 is 8.42 Å². The van der Waals surface area contributed by atoms with E-state index < -0.39 is 10.0 Å². The van der Waals surface area contributed by atoms with Crippen molar-refractivity contribution in [1.82, 2.24) is 14.3 Å². The first kappa shape index (κ1) is 17.9. The monoisotopic (exact) mass is 377 g/mol. The van der Waals surface area contributed by atoms with Crippen molar-refractivity contribution in [2.75, 3.05) is 6.54 Å². The lowest BCUT2D eigenvalue weighted by molar-refractivity contribution is 0.581. The molecule has 25 heavy (non-hydrogen) atoms. The fourth-order valence-electron chi connectivity index (χ4n) is 2.87. The van der Waals surface area contributed by atoms with E-state index in [0.29, 0.717) is 13.0 Å². The number of hydrogen-bond acceptors (Lipinski definition) is 3. The molecule has 0 amide bonds. The normalized spacial score (nSPS) is 11.9. The molecule has 0 saturated carbocycles. The molecular formula is C18H20ClN3O2S. The Bertz CT molecular complexity index is 983. The Morgan fingerprint density at radius 1 is 1.20 bits per heavy atom. The fraction of sp³-hybridized carbons (Fsp3) is 0.278. The van der Waals surface area contributed by atoms with Gasteiger partial charge in [0.2, 0.25) is 10.0 Å². The first-order chi connectivity index (χ1) is 12.0. The summed E-state index contributed by atoms with van der Waals surface area (Å²) in [5.74, 6) is 0. The van der Waals surface area contributed by atoms with Gasteiger partial charge < -0.3 is 4.57 Å². The Morgan fingerprint density at radius 3 is 2.76 bits per heavy atom. The van der Waals surface area contributed by atoms with Crippen molar-refractivity contribution in [3.63, 3.8) is 0 Å². The lowest BCUT2D eigenvalue weighted by Gasteiger charge is -2.07. The van der Waals surface area contributed by atoms with Gasteiger partial charge in [-0.3, -0.25) is 0 Å². The van der Waals surface area contributed by atoms with Gasteiger partial charge in [0.05, 0.1) is 5.02 Å². The second-order valence-corrected chi connectivity index (χ2v) is 7.94. The predicted molar refractivity (Wildman–Crippen MR) is 100 cm³/mol. The third-order valence-corrected chi connectivity index (χ3v) is 5.95. The molecule has 1 aromatic carbocycles. The lowest BCUT2D eigenvalue weighted by Crippen LogP contribution is -2.26. The van der Waals surface area contributed by atoms with Crippen molar-refractivity contribution in [3.8, 4) is 0 Å². The van der Waals surface area contributed by atoms with Crippen LogP contribution in [0.2, 0.25) is 5.02 Å². The van der Waals surface area contributed by atoms with Crippen LogP contribution in [0.15, 0.2) is 53.7 Å². The molecule has 0 saturated heterocycles. The van der Waals surface area contributed by atoms with Crippen molar-refractivity contribution in [3.05, 3.63) is 59.4 Å². The Balaban J connectivity index is 1.76. The number of sulfonamides is 1. The zero-order chi connectivity index (χ0) is 17.9. The highest BCUT2D eigenvalue weighted by atomic mass is 35.5. The molecule has 0 spiro atoms. The zero-order valence-corrected chi connectivity index (χ0v) is 15.5. The van der Waals surface area contributed by atoms with Gasteiger partial charge in [-0.25, -0.2) is 18.1 Å². The zero-order valence-electron chi connectivity index (χ0n) is 13.9. The smallest absolute Gasteiger partial charge is 0.242 e. The number of fused-ring (bicyclic) bond motifs is 1. The van der Waals surface area contributed by atoms with Crippen LogP contribution < -0.4 is 4.72 Å². The van der Waals surface area contributed by atoms with Crippen molar-refractivity contribution in [2.45, 2.75) is 31.2 Å². The van der Waals surface area contributed by atoms with Crippen LogP contribution in [0, 0.1) is 0 Å². The number of rotatable bonds is 7. The Kier molecular flexibility index (Phi) is 5.42. The highest BCUT2D eigenvalue weighted by Crippen LogP contribution is 2.22. The topological polar surface area (TPSA) is 64.0 Å². The summed E-state index contributed by atoms with van der Waals surface area (Å²) in [5.41, 5.74) is 2.02. The van der Waals surface area contributed by atoms with Crippen LogP contribution in [0.3, 0.4) is 0 Å². The molecule has 5 nitrogen and oxygen atoms in total. The highest BCUT2D eigenvalue weighted by Gasteiger charge is 2.17. The maximum absolute atomic E-state index is 12.4. The minimum absolute atomic E-state index is 0.103. The largest absolute Gasteiger partial charge is 0.332 e. The van der Waals surface area contributed by atoms with Gasteiger partial charge in [-0.05, 0) is 42.7 Å². The molecule has 0 aliphatic carbocycles. The summed E-state index contributed by atoms with van der Waals surface area (Å²) in [6.45, 7) is 3.30. The Morgan fingerprint density at radius 2 is 2.00 bits per heavy atom. The first-order valence-electron chi connectivity index (χ1n) is 8.20. The molecule has 1 N–H and O–H groups in total. The molecule has 0 atom stereocenters. The Hall–Kier alpha value is -1.89. The third-order valence-electron chi connectivity index (χ3n) is 3.99. The summed E-state index contributed by atoms with van der Waals surface area (Å²) in [6, 6.07) is 10.4. The van der Waals surface area contributed by atoms with Crippen LogP contribution in [0.5, 0.6) is 0 Å². The summed E-state index contributed by atoms with van der Waals surface area (Å²) in [6.07, 6.45) is 5.44. The average molecular weight is 378 g/mol. The van der Waals surface area contributed by atoms with Crippen LogP contribution in [0.25, 0.3) is 11.0 Å². The molecule has 2 aromatic heterocycles. The molecule has 2 heterocycles. The van der Waals surface area contributed by atoms with Crippen molar-refractivity contribution in [2.24, 2.45) is 0 Å². The van der Waals surface area contributed by atoms with E-state index in [-0.39, 0.29) is 9.92 Å². The summed E-state index contributed by atoms with van der Waals surface area (Å²) >= 11 is 5.99. The van der Waals surface area contributed by atoms with Crippen molar-refractivity contribution in [1.29, 1.82) is 0 Å². The summed E-state index contributed by atoms with van der Waals surface area (Å²) < 4.78 is 29.5. The molecule has 0 radical (unpaired) electrons. The first-order valence-corrected chi connectivity index (χ1v) is 10.1. The van der Waals surface area contributed by atoms with E-state index in [4.69, 9.17) is 11.6 Å². The molecule has 0 bridgehead atoms. The molecule has 132 valence electrons. The van der Waals surface area contributed by atoms with E-state index in [9.17, 15) is 8.42 Å². The van der Waals surface area contributed by atoms with Crippen LogP contribution in [0.1, 0.15) is 18.9 Å². The Labute approximate surface area is 152 Å². The van der Waals surface area contributed by atoms with E-state index >= 15 is 0 Å². The van der Waals surface area contributed by atoms with Gasteiger partial charge in [0.25, 0.3) is 0 Å². The number of hydrogen-bond donors (Lipinski definition) is 1. The lowest BCUT2D eigenvalue weighted by atomic mass is 10.2. The summed E-state index contributed by atoms with van der Waals surface area (Å²) in [4.78, 5) is 4.55. The third kappa shape index (κ3) is 3.86. The number of aromatic nitrogens is 2. The molecule has 7 heteroatoms. The van der Waals surface area contributed by atoms with Gasteiger partial charge in [-0.2, -0.15) is 0 Å². The van der Waals surface area contributed by atoms with Gasteiger partial charge in [-0.15, -0.1) is 0 Å². The fourth-order valence-corrected chi connectivity index (χ4v) is 4.42. The quantitative estimate of drug-likeness (QED) is 0.683. The van der Waals surface area contributed by atoms with Crippen LogP contribution in [-0.2, 0) is 23.0 Å². The van der Waals surface area contributed by atoms with Crippen LogP contribution in [0.4, 0.5) is 0 Å². The number of pyridine rings is 1. The summed E-state index contributed by atoms with van der Waals surface area (Å²) in [5, 5.41) is 1.28. The van der Waals surface area contributed by atoms with Crippen LogP contribution >= 0.6 is 11.6 Å². The molecule has 0 unspecified atom stereocenters. The molecule has 0 aliphatic rings. The van der Waals surface area contributed by atoms with Gasteiger partial charge in [0, 0.05) is 30.9 Å². The maximum atomic E-state index is 12.4. The van der Waals surface area contributed by atoms with Gasteiger partial charge in [0.15, 0.2) is 0 Å². The minimum Gasteiger partial charge on any atom is -0.332 e. The number of halogens is 1. The maximum Gasteiger partial charge on any atom is 0.242 e. The second kappa shape index (κ2) is 7.56. The predicted octanol–water partition coefficient (Wildman–Crippen LogP) is 3.62. The number of aryl methyl sites for hydroxylation is 1. The van der Waals surface area contributed by atoms with E-state index in [1.165, 1.54) is 6.07 Å². The molecule has 3 aromatic rings. The van der Waals surface area contributed by atoms with E-state index in [1.807, 2.05) is 12.1 Å². The van der Waals surface area contributed by atoms with E-state index in [2.05, 4.69) is 27.4 Å². The SMILES string of the molecule is CCCn1cc(CCNS(=O)(=O)c2ccccc2Cl)c2cccnc21. The molecule has 0 aliphatic heterocycles. The van der Waals surface area contributed by atoms with E-state index in [1.54, 1.807) is 24.4 Å². The van der Waals surface area contributed by atoms with Crippen molar-refractivity contribution >= 4 is 32.7 Å².